The first-order chi connectivity index (χ1) is 11.2. The number of fused-ring (bicyclic) bond motifs is 1. The lowest BCUT2D eigenvalue weighted by molar-refractivity contribution is 0.577. The number of nitrogens with zero attached hydrogens (tertiary/aromatic N) is 2. The second-order valence-electron chi connectivity index (χ2n) is 5.10. The summed E-state index contributed by atoms with van der Waals surface area (Å²) in [6.07, 6.45) is 0. The van der Waals surface area contributed by atoms with Crippen LogP contribution < -0.4 is 5.56 Å². The topological polar surface area (TPSA) is 47.5 Å². The predicted molar refractivity (Wildman–Crippen MR) is 89.6 cm³/mol. The van der Waals surface area contributed by atoms with Gasteiger partial charge in [0.15, 0.2) is 0 Å². The normalized spacial score (nSPS) is 11.0. The molecule has 0 radical (unpaired) electrons. The average molecular weight is 323 g/mol. The van der Waals surface area contributed by atoms with Crippen molar-refractivity contribution in [3.8, 4) is 22.6 Å². The van der Waals surface area contributed by atoms with E-state index in [2.05, 4.69) is 5.10 Å². The van der Waals surface area contributed by atoms with Crippen molar-refractivity contribution in [2.24, 2.45) is 0 Å². The van der Waals surface area contributed by atoms with E-state index in [-0.39, 0.29) is 5.56 Å². The van der Waals surface area contributed by atoms with Crippen LogP contribution in [-0.2, 0) is 0 Å². The van der Waals surface area contributed by atoms with Crippen LogP contribution >= 0.6 is 11.6 Å². The second-order valence-corrected chi connectivity index (χ2v) is 5.54. The van der Waals surface area contributed by atoms with E-state index in [0.717, 1.165) is 11.1 Å². The van der Waals surface area contributed by atoms with Gasteiger partial charge in [-0.2, -0.15) is 9.61 Å². The molecule has 0 fully saturated rings. The Hall–Kier alpha value is -2.85. The number of rotatable bonds is 2. The van der Waals surface area contributed by atoms with Gasteiger partial charge in [-0.3, -0.25) is 4.79 Å². The van der Waals surface area contributed by atoms with Gasteiger partial charge in [0.25, 0.3) is 5.56 Å². The maximum atomic E-state index is 12.3. The van der Waals surface area contributed by atoms with Crippen LogP contribution in [0.15, 0.2) is 75.9 Å². The molecule has 0 spiro atoms. The van der Waals surface area contributed by atoms with Crippen LogP contribution in [0.25, 0.3) is 28.3 Å². The molecule has 112 valence electrons. The summed E-state index contributed by atoms with van der Waals surface area (Å²) in [5.41, 5.74) is 2.55. The first-order valence-corrected chi connectivity index (χ1v) is 7.44. The fourth-order valence-corrected chi connectivity index (χ4v) is 2.54. The van der Waals surface area contributed by atoms with Crippen molar-refractivity contribution >= 4 is 17.3 Å². The van der Waals surface area contributed by atoms with Crippen LogP contribution in [0.5, 0.6) is 0 Å². The van der Waals surface area contributed by atoms with Crippen molar-refractivity contribution < 1.29 is 4.42 Å². The highest BCUT2D eigenvalue weighted by Crippen LogP contribution is 2.24. The molecule has 0 aliphatic rings. The highest BCUT2D eigenvalue weighted by Gasteiger charge is 2.11. The summed E-state index contributed by atoms with van der Waals surface area (Å²) < 4.78 is 7.09. The number of benzene rings is 2. The Morgan fingerprint density at radius 1 is 0.913 bits per heavy atom. The van der Waals surface area contributed by atoms with Crippen LogP contribution in [0.1, 0.15) is 0 Å². The van der Waals surface area contributed by atoms with E-state index >= 15 is 0 Å². The summed E-state index contributed by atoms with van der Waals surface area (Å²) in [5.74, 6) is 0.519. The minimum Gasteiger partial charge on any atom is -0.438 e. The van der Waals surface area contributed by atoms with Crippen molar-refractivity contribution in [2.45, 2.75) is 0 Å². The summed E-state index contributed by atoms with van der Waals surface area (Å²) in [4.78, 5) is 12.3. The van der Waals surface area contributed by atoms with Gasteiger partial charge >= 0.3 is 0 Å². The van der Waals surface area contributed by atoms with Gasteiger partial charge in [0.05, 0.1) is 5.69 Å². The quantitative estimate of drug-likeness (QED) is 0.553. The van der Waals surface area contributed by atoms with E-state index in [9.17, 15) is 4.79 Å². The molecule has 4 nitrogen and oxygen atoms in total. The summed E-state index contributed by atoms with van der Waals surface area (Å²) >= 11 is 5.90. The van der Waals surface area contributed by atoms with Crippen molar-refractivity contribution in [1.82, 2.24) is 9.61 Å². The lowest BCUT2D eigenvalue weighted by atomic mass is 10.1. The molecule has 2 aromatic heterocycles. The number of aromatic nitrogens is 2. The van der Waals surface area contributed by atoms with E-state index in [1.807, 2.05) is 42.5 Å². The molecule has 4 aromatic rings. The first kappa shape index (κ1) is 13.8. The van der Waals surface area contributed by atoms with E-state index in [0.29, 0.717) is 22.2 Å². The second kappa shape index (κ2) is 5.41. The minimum atomic E-state index is -0.231. The lowest BCUT2D eigenvalue weighted by Crippen LogP contribution is -2.12. The van der Waals surface area contributed by atoms with Gasteiger partial charge in [0.2, 0.25) is 5.71 Å². The minimum absolute atomic E-state index is 0.231. The van der Waals surface area contributed by atoms with Gasteiger partial charge in [0, 0.05) is 28.3 Å². The van der Waals surface area contributed by atoms with E-state index < -0.39 is 0 Å². The van der Waals surface area contributed by atoms with E-state index in [1.54, 1.807) is 18.2 Å². The molecule has 0 bridgehead atoms. The summed E-state index contributed by atoms with van der Waals surface area (Å²) in [5, 5.41) is 4.97. The molecule has 0 amide bonds. The van der Waals surface area contributed by atoms with E-state index in [1.165, 1.54) is 10.6 Å². The Balaban J connectivity index is 1.87. The van der Waals surface area contributed by atoms with Gasteiger partial charge in [-0.05, 0) is 12.1 Å². The zero-order valence-corrected chi connectivity index (χ0v) is 12.7. The molecule has 0 saturated carbocycles. The smallest absolute Gasteiger partial charge is 0.277 e. The van der Waals surface area contributed by atoms with Crippen molar-refractivity contribution in [3.05, 3.63) is 82.1 Å². The third-order valence-corrected chi connectivity index (χ3v) is 3.80. The van der Waals surface area contributed by atoms with Crippen LogP contribution in [0.2, 0.25) is 5.02 Å². The Morgan fingerprint density at radius 3 is 2.39 bits per heavy atom. The van der Waals surface area contributed by atoms with Crippen molar-refractivity contribution in [1.29, 1.82) is 0 Å². The Morgan fingerprint density at radius 2 is 1.65 bits per heavy atom. The summed E-state index contributed by atoms with van der Waals surface area (Å²) in [7, 11) is 0. The zero-order valence-electron chi connectivity index (χ0n) is 11.9. The number of hydrogen-bond donors (Lipinski definition) is 0. The van der Waals surface area contributed by atoms with Crippen molar-refractivity contribution in [3.63, 3.8) is 0 Å². The third-order valence-electron chi connectivity index (χ3n) is 3.55. The molecule has 0 saturated heterocycles. The fourth-order valence-electron chi connectivity index (χ4n) is 2.42. The SMILES string of the molecule is O=c1cc(-c2ccccc2)oc2cc(-c3ccc(Cl)cc3)nn12. The summed E-state index contributed by atoms with van der Waals surface area (Å²) in [6, 6.07) is 20.0. The highest BCUT2D eigenvalue weighted by atomic mass is 35.5. The van der Waals surface area contributed by atoms with Crippen LogP contribution in [0, 0.1) is 0 Å². The Bertz CT molecular complexity index is 1030. The lowest BCUT2D eigenvalue weighted by Gasteiger charge is -2.00. The standard InChI is InChI=1S/C18H11ClN2O2/c19-14-8-6-12(7-9-14)15-10-18-21(20-15)17(22)11-16(23-18)13-4-2-1-3-5-13/h1-11H. The highest BCUT2D eigenvalue weighted by molar-refractivity contribution is 6.30. The Kier molecular flexibility index (Phi) is 3.24. The molecule has 0 atom stereocenters. The maximum Gasteiger partial charge on any atom is 0.277 e. The molecule has 23 heavy (non-hydrogen) atoms. The third kappa shape index (κ3) is 2.53. The molecule has 2 heterocycles. The van der Waals surface area contributed by atoms with Gasteiger partial charge in [-0.1, -0.05) is 54.1 Å². The van der Waals surface area contributed by atoms with Crippen molar-refractivity contribution in [2.75, 3.05) is 0 Å². The molecule has 0 N–H and O–H groups in total. The zero-order chi connectivity index (χ0) is 15.8. The van der Waals surface area contributed by atoms with Gasteiger partial charge in [0.1, 0.15) is 5.76 Å². The molecular weight excluding hydrogens is 312 g/mol. The maximum absolute atomic E-state index is 12.3. The largest absolute Gasteiger partial charge is 0.438 e. The van der Waals surface area contributed by atoms with Crippen LogP contribution in [0.3, 0.4) is 0 Å². The number of halogens is 1. The van der Waals surface area contributed by atoms with Gasteiger partial charge < -0.3 is 4.42 Å². The molecule has 0 unspecified atom stereocenters. The Labute approximate surface area is 136 Å². The number of hydrogen-bond acceptors (Lipinski definition) is 3. The molecule has 5 heteroatoms. The first-order valence-electron chi connectivity index (χ1n) is 7.06. The van der Waals surface area contributed by atoms with Gasteiger partial charge in [-0.15, -0.1) is 0 Å². The molecule has 4 rings (SSSR count). The average Bonchev–Trinajstić information content (AvgIpc) is 3.01. The molecule has 0 aliphatic heterocycles. The summed E-state index contributed by atoms with van der Waals surface area (Å²) in [6.45, 7) is 0. The van der Waals surface area contributed by atoms with Crippen LogP contribution in [0.4, 0.5) is 0 Å². The molecule has 0 aliphatic carbocycles. The molecular formula is C18H11ClN2O2. The fraction of sp³-hybridized carbons (Fsp3) is 0. The monoisotopic (exact) mass is 322 g/mol. The molecule has 2 aromatic carbocycles. The predicted octanol–water partition coefficient (Wildman–Crippen LogP) is 4.27. The van der Waals surface area contributed by atoms with Crippen LogP contribution in [-0.4, -0.2) is 9.61 Å². The van der Waals surface area contributed by atoms with E-state index in [4.69, 9.17) is 16.0 Å². The van der Waals surface area contributed by atoms with Gasteiger partial charge in [-0.25, -0.2) is 0 Å².